The van der Waals surface area contributed by atoms with Gasteiger partial charge in [0.25, 0.3) is 0 Å². The third-order valence-corrected chi connectivity index (χ3v) is 6.28. The number of benzene rings is 1. The maximum absolute atomic E-state index is 11.4. The minimum Gasteiger partial charge on any atom is -0.466 e. The molecule has 0 unspecified atom stereocenters. The van der Waals surface area contributed by atoms with E-state index in [1.807, 2.05) is 19.3 Å². The minimum absolute atomic E-state index is 0.126. The largest absolute Gasteiger partial charge is 0.466 e. The molecule has 1 aromatic carbocycles. The van der Waals surface area contributed by atoms with Gasteiger partial charge in [-0.25, -0.2) is 9.97 Å². The number of carbonyl (C=O) groups excluding carboxylic acids is 1. The minimum atomic E-state index is -0.126. The predicted molar refractivity (Wildman–Crippen MR) is 124 cm³/mol. The van der Waals surface area contributed by atoms with Gasteiger partial charge in [0, 0.05) is 24.4 Å². The molecular formula is C27H34N2O2. The molecule has 1 heterocycles. The Hall–Kier alpha value is -2.67. The average molecular weight is 419 g/mol. The smallest absolute Gasteiger partial charge is 0.305 e. The summed E-state index contributed by atoms with van der Waals surface area (Å²) in [5.41, 5.74) is 5.32. The first kappa shape index (κ1) is 23.0. The van der Waals surface area contributed by atoms with Crippen LogP contribution in [0.3, 0.4) is 0 Å². The number of unbranched alkanes of at least 4 members (excludes halogenated alkanes) is 1. The van der Waals surface area contributed by atoms with Gasteiger partial charge in [0.2, 0.25) is 5.82 Å². The molecule has 1 aromatic heterocycles. The van der Waals surface area contributed by atoms with Gasteiger partial charge in [0.1, 0.15) is 0 Å². The Kier molecular flexibility index (Phi) is 7.15. The Labute approximate surface area is 186 Å². The molecule has 0 aliphatic heterocycles. The van der Waals surface area contributed by atoms with Crippen molar-refractivity contribution in [2.75, 3.05) is 6.61 Å². The highest BCUT2D eigenvalue weighted by atomic mass is 16.5. The number of nitrogens with zero attached hydrogens (tertiary/aromatic N) is 2. The summed E-state index contributed by atoms with van der Waals surface area (Å²) in [5, 5.41) is 0. The molecule has 4 nitrogen and oxygen atoms in total. The summed E-state index contributed by atoms with van der Waals surface area (Å²) >= 11 is 0. The lowest BCUT2D eigenvalue weighted by molar-refractivity contribution is -0.143. The fourth-order valence-corrected chi connectivity index (χ4v) is 4.17. The number of aryl methyl sites for hydroxylation is 1. The Balaban J connectivity index is 1.63. The first-order chi connectivity index (χ1) is 14.7. The van der Waals surface area contributed by atoms with E-state index in [4.69, 9.17) is 4.74 Å². The summed E-state index contributed by atoms with van der Waals surface area (Å²) in [6.07, 6.45) is 9.10. The monoisotopic (exact) mass is 418 g/mol. The van der Waals surface area contributed by atoms with E-state index in [0.717, 1.165) is 30.4 Å². The molecular weight excluding hydrogens is 384 g/mol. The fourth-order valence-electron chi connectivity index (χ4n) is 4.17. The maximum atomic E-state index is 11.4. The first-order valence-corrected chi connectivity index (χ1v) is 11.3. The second-order valence-electron chi connectivity index (χ2n) is 9.71. The zero-order valence-electron chi connectivity index (χ0n) is 19.5. The Bertz CT molecular complexity index is 979. The van der Waals surface area contributed by atoms with Crippen LogP contribution in [0.25, 0.3) is 0 Å². The van der Waals surface area contributed by atoms with Crippen LogP contribution in [0.4, 0.5) is 0 Å². The van der Waals surface area contributed by atoms with Crippen molar-refractivity contribution in [2.24, 2.45) is 0 Å². The van der Waals surface area contributed by atoms with Crippen LogP contribution in [0.1, 0.15) is 94.8 Å². The van der Waals surface area contributed by atoms with Crippen molar-refractivity contribution in [1.29, 1.82) is 0 Å². The van der Waals surface area contributed by atoms with Gasteiger partial charge in [-0.2, -0.15) is 0 Å². The van der Waals surface area contributed by atoms with Crippen LogP contribution in [0.15, 0.2) is 30.6 Å². The van der Waals surface area contributed by atoms with Gasteiger partial charge in [-0.15, -0.1) is 0 Å². The zero-order chi connectivity index (χ0) is 22.5. The molecule has 0 fully saturated rings. The van der Waals surface area contributed by atoms with Crippen LogP contribution in [0.5, 0.6) is 0 Å². The van der Waals surface area contributed by atoms with Crippen molar-refractivity contribution >= 4 is 5.97 Å². The summed E-state index contributed by atoms with van der Waals surface area (Å²) in [6.45, 7) is 11.6. The van der Waals surface area contributed by atoms with Crippen LogP contribution in [-0.2, 0) is 26.8 Å². The molecule has 0 saturated heterocycles. The number of rotatable bonds is 6. The van der Waals surface area contributed by atoms with E-state index in [1.54, 1.807) is 0 Å². The van der Waals surface area contributed by atoms with Crippen molar-refractivity contribution in [2.45, 2.75) is 84.0 Å². The first-order valence-electron chi connectivity index (χ1n) is 11.3. The molecule has 1 aliphatic carbocycles. The Morgan fingerprint density at radius 3 is 2.35 bits per heavy atom. The van der Waals surface area contributed by atoms with Crippen LogP contribution in [0.2, 0.25) is 0 Å². The SMILES string of the molecule is CCOC(=O)CCCCc1cnc(C#Cc2ccc3c(c2)C(C)(C)CCC3(C)C)nc1. The van der Waals surface area contributed by atoms with Gasteiger partial charge in [0.05, 0.1) is 6.61 Å². The van der Waals surface area contributed by atoms with Gasteiger partial charge in [0.15, 0.2) is 0 Å². The van der Waals surface area contributed by atoms with Crippen molar-refractivity contribution < 1.29 is 9.53 Å². The van der Waals surface area contributed by atoms with E-state index in [1.165, 1.54) is 24.0 Å². The number of esters is 1. The zero-order valence-corrected chi connectivity index (χ0v) is 19.5. The number of fused-ring (bicyclic) bond motifs is 1. The molecule has 0 radical (unpaired) electrons. The molecule has 3 rings (SSSR count). The second-order valence-corrected chi connectivity index (χ2v) is 9.71. The number of carbonyl (C=O) groups is 1. The van der Waals surface area contributed by atoms with Gasteiger partial charge >= 0.3 is 5.97 Å². The van der Waals surface area contributed by atoms with Crippen LogP contribution in [-0.4, -0.2) is 22.5 Å². The lowest BCUT2D eigenvalue weighted by Crippen LogP contribution is -2.33. The number of hydrogen-bond donors (Lipinski definition) is 0. The molecule has 0 atom stereocenters. The summed E-state index contributed by atoms with van der Waals surface area (Å²) in [4.78, 5) is 20.2. The maximum Gasteiger partial charge on any atom is 0.305 e. The molecule has 2 aromatic rings. The lowest BCUT2D eigenvalue weighted by atomic mass is 9.63. The highest BCUT2D eigenvalue weighted by Crippen LogP contribution is 2.45. The molecule has 1 aliphatic rings. The van der Waals surface area contributed by atoms with Crippen LogP contribution >= 0.6 is 0 Å². The Morgan fingerprint density at radius 1 is 1.00 bits per heavy atom. The van der Waals surface area contributed by atoms with Crippen LogP contribution < -0.4 is 0 Å². The van der Waals surface area contributed by atoms with E-state index >= 15 is 0 Å². The molecule has 0 spiro atoms. The van der Waals surface area contributed by atoms with E-state index < -0.39 is 0 Å². The summed E-state index contributed by atoms with van der Waals surface area (Å²) in [6, 6.07) is 6.62. The van der Waals surface area contributed by atoms with E-state index in [9.17, 15) is 4.79 Å². The third-order valence-electron chi connectivity index (χ3n) is 6.28. The molecule has 0 amide bonds. The topological polar surface area (TPSA) is 52.1 Å². The highest BCUT2D eigenvalue weighted by molar-refractivity contribution is 5.69. The number of aromatic nitrogens is 2. The quantitative estimate of drug-likeness (QED) is 0.353. The van der Waals surface area contributed by atoms with Crippen molar-refractivity contribution in [3.63, 3.8) is 0 Å². The summed E-state index contributed by atoms with van der Waals surface area (Å²) in [7, 11) is 0. The van der Waals surface area contributed by atoms with Gasteiger partial charge in [-0.1, -0.05) is 39.7 Å². The fraction of sp³-hybridized carbons (Fsp3) is 0.519. The van der Waals surface area contributed by atoms with Crippen molar-refractivity contribution in [3.8, 4) is 11.8 Å². The number of hydrogen-bond acceptors (Lipinski definition) is 4. The lowest BCUT2D eigenvalue weighted by Gasteiger charge is -2.41. The summed E-state index contributed by atoms with van der Waals surface area (Å²) in [5.74, 6) is 6.76. The molecule has 0 saturated carbocycles. The normalized spacial score (nSPS) is 16.0. The molecule has 164 valence electrons. The van der Waals surface area contributed by atoms with Crippen molar-refractivity contribution in [1.82, 2.24) is 9.97 Å². The highest BCUT2D eigenvalue weighted by Gasteiger charge is 2.36. The van der Waals surface area contributed by atoms with E-state index in [2.05, 4.69) is 67.7 Å². The molecule has 0 bridgehead atoms. The standard InChI is InChI=1S/C27H34N2O2/c1-6-31-25(30)10-8-7-9-21-18-28-24(29-19-21)14-12-20-11-13-22-23(17-20)27(4,5)16-15-26(22,2)3/h11,13,17-19H,6-10,15-16H2,1-5H3. The van der Waals surface area contributed by atoms with E-state index in [0.29, 0.717) is 18.9 Å². The predicted octanol–water partition coefficient (Wildman–Crippen LogP) is 5.50. The second kappa shape index (κ2) is 9.64. The molecule has 0 N–H and O–H groups in total. The third kappa shape index (κ3) is 5.94. The number of ether oxygens (including phenoxy) is 1. The Morgan fingerprint density at radius 2 is 1.68 bits per heavy atom. The van der Waals surface area contributed by atoms with E-state index in [-0.39, 0.29) is 16.8 Å². The average Bonchev–Trinajstić information content (AvgIpc) is 2.74. The van der Waals surface area contributed by atoms with Gasteiger partial charge in [-0.3, -0.25) is 4.79 Å². The summed E-state index contributed by atoms with van der Waals surface area (Å²) < 4.78 is 4.95. The van der Waals surface area contributed by atoms with Gasteiger partial charge < -0.3 is 4.74 Å². The molecule has 31 heavy (non-hydrogen) atoms. The molecule has 4 heteroatoms. The van der Waals surface area contributed by atoms with Crippen molar-refractivity contribution in [3.05, 3.63) is 58.7 Å². The van der Waals surface area contributed by atoms with Crippen LogP contribution in [0, 0.1) is 11.8 Å². The van der Waals surface area contributed by atoms with Gasteiger partial charge in [-0.05, 0) is 84.6 Å².